The Balaban J connectivity index is 0.000000247. The smallest absolute Gasteiger partial charge is 0.164 e. The van der Waals surface area contributed by atoms with E-state index in [1.165, 1.54) is 18.2 Å². The second-order valence-corrected chi connectivity index (χ2v) is 5.46. The number of hydrogen-bond acceptors (Lipinski definition) is 3. The number of nitrogens with zero attached hydrogens (tertiary/aromatic N) is 2. The fraction of sp³-hybridized carbons (Fsp3) is 0. The summed E-state index contributed by atoms with van der Waals surface area (Å²) in [4.78, 5) is 8.73. The van der Waals surface area contributed by atoms with E-state index in [1.807, 2.05) is 54.9 Å². The molecule has 0 aliphatic rings. The first-order valence-electron chi connectivity index (χ1n) is 8.10. The molecule has 2 aromatic carbocycles. The first-order valence-corrected chi connectivity index (χ1v) is 8.10. The van der Waals surface area contributed by atoms with E-state index in [4.69, 9.17) is 5.11 Å². The van der Waals surface area contributed by atoms with Gasteiger partial charge in [-0.1, -0.05) is 42.5 Å². The van der Waals surface area contributed by atoms with E-state index >= 15 is 0 Å². The molecule has 0 aliphatic carbocycles. The van der Waals surface area contributed by atoms with Crippen LogP contribution in [0.25, 0.3) is 22.5 Å². The quantitative estimate of drug-likeness (QED) is 0.480. The molecule has 0 radical (unpaired) electrons. The molecular formula is C22H18ClFN2O. The summed E-state index contributed by atoms with van der Waals surface area (Å²) in [7, 11) is 0. The summed E-state index contributed by atoms with van der Waals surface area (Å²) in [5.41, 5.74) is 4.18. The van der Waals surface area contributed by atoms with Gasteiger partial charge in [-0.3, -0.25) is 9.97 Å². The van der Waals surface area contributed by atoms with Crippen molar-refractivity contribution in [2.75, 3.05) is 0 Å². The summed E-state index contributed by atoms with van der Waals surface area (Å²) in [6.07, 6.45) is 3.62. The van der Waals surface area contributed by atoms with Crippen LogP contribution in [0.2, 0.25) is 0 Å². The molecule has 0 unspecified atom stereocenters. The van der Waals surface area contributed by atoms with Crippen LogP contribution in [0.5, 0.6) is 5.75 Å². The summed E-state index contributed by atoms with van der Waals surface area (Å²) in [6, 6.07) is 25.7. The molecule has 0 atom stereocenters. The van der Waals surface area contributed by atoms with Crippen molar-refractivity contribution in [3.8, 4) is 28.3 Å². The molecule has 4 rings (SSSR count). The van der Waals surface area contributed by atoms with Gasteiger partial charge >= 0.3 is 0 Å². The highest BCUT2D eigenvalue weighted by Crippen LogP contribution is 2.23. The van der Waals surface area contributed by atoms with Crippen LogP contribution in [0.15, 0.2) is 97.3 Å². The van der Waals surface area contributed by atoms with Crippen molar-refractivity contribution in [1.82, 2.24) is 9.97 Å². The van der Waals surface area contributed by atoms with Crippen LogP contribution in [0.3, 0.4) is 0 Å². The van der Waals surface area contributed by atoms with E-state index < -0.39 is 5.82 Å². The lowest BCUT2D eigenvalue weighted by Gasteiger charge is -2.04. The maximum Gasteiger partial charge on any atom is 0.164 e. The first kappa shape index (κ1) is 20.1. The predicted octanol–water partition coefficient (Wildman–Crippen LogP) is 5.76. The lowest BCUT2D eigenvalue weighted by Crippen LogP contribution is -1.85. The fourth-order valence-corrected chi connectivity index (χ4v) is 2.36. The number of halogens is 2. The summed E-state index contributed by atoms with van der Waals surface area (Å²) in [5, 5.41) is 8.54. The van der Waals surface area contributed by atoms with E-state index in [0.29, 0.717) is 0 Å². The molecule has 2 aromatic heterocycles. The largest absolute Gasteiger partial charge is 0.505 e. The molecule has 1 N–H and O–H groups in total. The average molecular weight is 381 g/mol. The Morgan fingerprint density at radius 1 is 0.630 bits per heavy atom. The minimum atomic E-state index is -0.576. The molecule has 0 fully saturated rings. The van der Waals surface area contributed by atoms with Crippen LogP contribution < -0.4 is 0 Å². The minimum absolute atomic E-state index is 0. The Kier molecular flexibility index (Phi) is 7.47. The standard InChI is InChI=1S/C16H12N2.C6H5FO.ClH/c1-3-10-17-15(8-1)13-6-5-7-14(12-13)16-9-2-4-11-18-16;7-5-3-1-2-4-6(5)8;/h1-12H;1-4,8H;1H. The highest BCUT2D eigenvalue weighted by atomic mass is 35.5. The third-order valence-electron chi connectivity index (χ3n) is 3.64. The van der Waals surface area contributed by atoms with Crippen LogP contribution in [-0.4, -0.2) is 15.1 Å². The summed E-state index contributed by atoms with van der Waals surface area (Å²) in [6.45, 7) is 0. The maximum absolute atomic E-state index is 12.1. The zero-order valence-electron chi connectivity index (χ0n) is 14.4. The van der Waals surface area contributed by atoms with Crippen molar-refractivity contribution in [2.45, 2.75) is 0 Å². The molecule has 0 saturated carbocycles. The van der Waals surface area contributed by atoms with Crippen LogP contribution in [0.4, 0.5) is 4.39 Å². The lowest BCUT2D eigenvalue weighted by atomic mass is 10.1. The predicted molar refractivity (Wildman–Crippen MR) is 108 cm³/mol. The molecule has 0 amide bonds. The molecule has 136 valence electrons. The number of benzene rings is 2. The molecule has 3 nitrogen and oxygen atoms in total. The van der Waals surface area contributed by atoms with E-state index in [-0.39, 0.29) is 18.2 Å². The highest BCUT2D eigenvalue weighted by molar-refractivity contribution is 5.85. The number of aromatic hydroxyl groups is 1. The van der Waals surface area contributed by atoms with Crippen molar-refractivity contribution in [1.29, 1.82) is 0 Å². The molecule has 0 aliphatic heterocycles. The van der Waals surface area contributed by atoms with Crippen LogP contribution >= 0.6 is 12.4 Å². The number of pyridine rings is 2. The third-order valence-corrected chi connectivity index (χ3v) is 3.64. The van der Waals surface area contributed by atoms with Gasteiger partial charge in [0, 0.05) is 23.5 Å². The number of phenols is 1. The molecule has 0 saturated heterocycles. The van der Waals surface area contributed by atoms with Crippen molar-refractivity contribution in [3.63, 3.8) is 0 Å². The van der Waals surface area contributed by atoms with Gasteiger partial charge in [0.25, 0.3) is 0 Å². The highest BCUT2D eigenvalue weighted by Gasteiger charge is 2.02. The first-order chi connectivity index (χ1) is 12.7. The van der Waals surface area contributed by atoms with Gasteiger partial charge in [-0.25, -0.2) is 4.39 Å². The topological polar surface area (TPSA) is 46.0 Å². The third kappa shape index (κ3) is 5.62. The fourth-order valence-electron chi connectivity index (χ4n) is 2.36. The molecular weight excluding hydrogens is 363 g/mol. The van der Waals surface area contributed by atoms with E-state index in [0.717, 1.165) is 22.5 Å². The van der Waals surface area contributed by atoms with E-state index in [1.54, 1.807) is 6.07 Å². The zero-order chi connectivity index (χ0) is 18.2. The van der Waals surface area contributed by atoms with Gasteiger partial charge in [0.1, 0.15) is 0 Å². The van der Waals surface area contributed by atoms with Crippen molar-refractivity contribution in [2.24, 2.45) is 0 Å². The second-order valence-electron chi connectivity index (χ2n) is 5.46. The molecule has 2 heterocycles. The number of hydrogen-bond donors (Lipinski definition) is 1. The van der Waals surface area contributed by atoms with Crippen LogP contribution in [0, 0.1) is 5.82 Å². The van der Waals surface area contributed by atoms with E-state index in [9.17, 15) is 4.39 Å². The number of rotatable bonds is 2. The molecule has 27 heavy (non-hydrogen) atoms. The Morgan fingerprint density at radius 3 is 1.56 bits per heavy atom. The minimum Gasteiger partial charge on any atom is -0.505 e. The zero-order valence-corrected chi connectivity index (χ0v) is 15.2. The van der Waals surface area contributed by atoms with Gasteiger partial charge in [-0.15, -0.1) is 12.4 Å². The second kappa shape index (κ2) is 10.0. The number of phenolic OH excluding ortho intramolecular Hbond substituents is 1. The monoisotopic (exact) mass is 380 g/mol. The van der Waals surface area contributed by atoms with Gasteiger partial charge < -0.3 is 5.11 Å². The molecule has 0 spiro atoms. The normalized spacial score (nSPS) is 9.52. The Hall–Kier alpha value is -3.24. The molecule has 4 aromatic rings. The van der Waals surface area contributed by atoms with Crippen LogP contribution in [0.1, 0.15) is 0 Å². The van der Waals surface area contributed by atoms with Crippen LogP contribution in [-0.2, 0) is 0 Å². The van der Waals surface area contributed by atoms with Crippen molar-refractivity contribution >= 4 is 12.4 Å². The summed E-state index contributed by atoms with van der Waals surface area (Å²) in [5.74, 6) is -0.875. The summed E-state index contributed by atoms with van der Waals surface area (Å²) >= 11 is 0. The van der Waals surface area contributed by atoms with Gasteiger partial charge in [0.05, 0.1) is 11.4 Å². The Labute approximate surface area is 163 Å². The Morgan fingerprint density at radius 2 is 1.15 bits per heavy atom. The molecule has 0 bridgehead atoms. The Bertz CT molecular complexity index is 890. The van der Waals surface area contributed by atoms with Gasteiger partial charge in [-0.05, 0) is 42.5 Å². The van der Waals surface area contributed by atoms with Crippen molar-refractivity contribution < 1.29 is 9.50 Å². The van der Waals surface area contributed by atoms with Gasteiger partial charge in [0.15, 0.2) is 11.6 Å². The number of para-hydroxylation sites is 1. The lowest BCUT2D eigenvalue weighted by molar-refractivity contribution is 0.432. The summed E-state index contributed by atoms with van der Waals surface area (Å²) < 4.78 is 12.1. The van der Waals surface area contributed by atoms with Gasteiger partial charge in [0.2, 0.25) is 0 Å². The number of aromatic nitrogens is 2. The SMILES string of the molecule is Cl.Oc1ccccc1F.c1ccc(-c2cccc(-c3ccccn3)c2)nc1. The van der Waals surface area contributed by atoms with E-state index in [2.05, 4.69) is 28.2 Å². The molecule has 5 heteroatoms. The maximum atomic E-state index is 12.1. The van der Waals surface area contributed by atoms with Gasteiger partial charge in [-0.2, -0.15) is 0 Å². The van der Waals surface area contributed by atoms with Crippen molar-refractivity contribution in [3.05, 3.63) is 103 Å². The average Bonchev–Trinajstić information content (AvgIpc) is 2.72.